The van der Waals surface area contributed by atoms with E-state index in [0.717, 1.165) is 12.2 Å². The van der Waals surface area contributed by atoms with Gasteiger partial charge in [0.25, 0.3) is 0 Å². The highest BCUT2D eigenvalue weighted by atomic mass is 16.3. The Bertz CT molecular complexity index is 325. The molecule has 0 bridgehead atoms. The lowest BCUT2D eigenvalue weighted by atomic mass is 9.80. The van der Waals surface area contributed by atoms with E-state index in [0.29, 0.717) is 11.7 Å². The first-order valence-electron chi connectivity index (χ1n) is 5.34. The third-order valence-electron chi connectivity index (χ3n) is 3.16. The standard InChI is InChI=1S/C11H21N3O/c1-8(11(2,3)4)6-9-12-13-10(7-15)14(9)5/h8,15H,6-7H2,1-5H3. The molecule has 1 N–H and O–H groups in total. The predicted molar refractivity (Wildman–Crippen MR) is 59.2 cm³/mol. The highest BCUT2D eigenvalue weighted by Crippen LogP contribution is 2.27. The summed E-state index contributed by atoms with van der Waals surface area (Å²) in [5.74, 6) is 2.11. The Hall–Kier alpha value is -0.900. The molecule has 0 aliphatic rings. The minimum absolute atomic E-state index is 0.0482. The summed E-state index contributed by atoms with van der Waals surface area (Å²) in [6, 6.07) is 0. The van der Waals surface area contributed by atoms with E-state index in [4.69, 9.17) is 5.11 Å². The molecule has 1 aromatic heterocycles. The van der Waals surface area contributed by atoms with Crippen LogP contribution in [0.5, 0.6) is 0 Å². The van der Waals surface area contributed by atoms with Crippen molar-refractivity contribution in [3.63, 3.8) is 0 Å². The number of aliphatic hydroxyl groups excluding tert-OH is 1. The number of aromatic nitrogens is 3. The van der Waals surface area contributed by atoms with Gasteiger partial charge in [0.1, 0.15) is 12.4 Å². The Labute approximate surface area is 91.3 Å². The van der Waals surface area contributed by atoms with E-state index < -0.39 is 0 Å². The lowest BCUT2D eigenvalue weighted by Gasteiger charge is -2.26. The van der Waals surface area contributed by atoms with Gasteiger partial charge in [-0.2, -0.15) is 0 Å². The van der Waals surface area contributed by atoms with E-state index in [2.05, 4.69) is 37.9 Å². The molecule has 0 spiro atoms. The molecule has 1 unspecified atom stereocenters. The molecule has 1 aromatic rings. The summed E-state index contributed by atoms with van der Waals surface area (Å²) >= 11 is 0. The second kappa shape index (κ2) is 4.31. The lowest BCUT2D eigenvalue weighted by molar-refractivity contribution is 0.252. The normalized spacial score (nSPS) is 14.3. The van der Waals surface area contributed by atoms with Gasteiger partial charge in [0.05, 0.1) is 0 Å². The van der Waals surface area contributed by atoms with Gasteiger partial charge in [-0.3, -0.25) is 0 Å². The summed E-state index contributed by atoms with van der Waals surface area (Å²) < 4.78 is 1.88. The van der Waals surface area contributed by atoms with Gasteiger partial charge in [-0.05, 0) is 11.3 Å². The van der Waals surface area contributed by atoms with Gasteiger partial charge >= 0.3 is 0 Å². The van der Waals surface area contributed by atoms with Crippen LogP contribution in [0.15, 0.2) is 0 Å². The number of hydrogen-bond donors (Lipinski definition) is 1. The quantitative estimate of drug-likeness (QED) is 0.825. The molecule has 0 radical (unpaired) electrons. The summed E-state index contributed by atoms with van der Waals surface area (Å²) in [4.78, 5) is 0. The van der Waals surface area contributed by atoms with Crippen LogP contribution in [0.3, 0.4) is 0 Å². The molecule has 0 aromatic carbocycles. The van der Waals surface area contributed by atoms with Crippen molar-refractivity contribution >= 4 is 0 Å². The minimum atomic E-state index is -0.0482. The fraction of sp³-hybridized carbons (Fsp3) is 0.818. The van der Waals surface area contributed by atoms with Crippen molar-refractivity contribution < 1.29 is 5.11 Å². The number of nitrogens with zero attached hydrogens (tertiary/aromatic N) is 3. The molecule has 0 amide bonds. The highest BCUT2D eigenvalue weighted by Gasteiger charge is 2.22. The monoisotopic (exact) mass is 211 g/mol. The third-order valence-corrected chi connectivity index (χ3v) is 3.16. The zero-order valence-corrected chi connectivity index (χ0v) is 10.3. The largest absolute Gasteiger partial charge is 0.388 e. The molecule has 4 heteroatoms. The van der Waals surface area contributed by atoms with Crippen LogP contribution in [0.2, 0.25) is 0 Å². The lowest BCUT2D eigenvalue weighted by Crippen LogP contribution is -2.21. The van der Waals surface area contributed by atoms with E-state index in [1.54, 1.807) is 0 Å². The fourth-order valence-electron chi connectivity index (χ4n) is 1.29. The fourth-order valence-corrected chi connectivity index (χ4v) is 1.29. The zero-order chi connectivity index (χ0) is 11.6. The van der Waals surface area contributed by atoms with Crippen molar-refractivity contribution in [3.05, 3.63) is 11.6 Å². The molecule has 1 heterocycles. The van der Waals surface area contributed by atoms with Crippen molar-refractivity contribution in [1.82, 2.24) is 14.8 Å². The molecule has 0 fully saturated rings. The molecule has 0 saturated carbocycles. The Kier molecular flexibility index (Phi) is 3.50. The Morgan fingerprint density at radius 2 is 1.80 bits per heavy atom. The molecule has 0 aliphatic heterocycles. The molecule has 4 nitrogen and oxygen atoms in total. The summed E-state index contributed by atoms with van der Waals surface area (Å²) in [7, 11) is 1.90. The van der Waals surface area contributed by atoms with Crippen LogP contribution >= 0.6 is 0 Å². The Balaban J connectivity index is 2.77. The number of hydrogen-bond acceptors (Lipinski definition) is 3. The van der Waals surface area contributed by atoms with Gasteiger partial charge in [0.2, 0.25) is 0 Å². The van der Waals surface area contributed by atoms with E-state index >= 15 is 0 Å². The summed E-state index contributed by atoms with van der Waals surface area (Å²) in [6.07, 6.45) is 0.896. The summed E-state index contributed by atoms with van der Waals surface area (Å²) in [5, 5.41) is 17.0. The molecule has 86 valence electrons. The van der Waals surface area contributed by atoms with Crippen LogP contribution in [0.25, 0.3) is 0 Å². The van der Waals surface area contributed by atoms with Crippen molar-refractivity contribution in [2.75, 3.05) is 0 Å². The van der Waals surface area contributed by atoms with E-state index in [9.17, 15) is 0 Å². The Morgan fingerprint density at radius 3 is 2.20 bits per heavy atom. The van der Waals surface area contributed by atoms with Crippen molar-refractivity contribution in [1.29, 1.82) is 0 Å². The van der Waals surface area contributed by atoms with Crippen molar-refractivity contribution in [3.8, 4) is 0 Å². The maximum absolute atomic E-state index is 9.00. The summed E-state index contributed by atoms with van der Waals surface area (Å²) in [5.41, 5.74) is 0.269. The first-order chi connectivity index (χ1) is 6.86. The SMILES string of the molecule is CC(Cc1nnc(CO)n1C)C(C)(C)C. The molecule has 0 saturated heterocycles. The number of aliphatic hydroxyl groups is 1. The predicted octanol–water partition coefficient (Wildman–Crippen LogP) is 1.53. The van der Waals surface area contributed by atoms with Gasteiger partial charge in [-0.15, -0.1) is 10.2 Å². The van der Waals surface area contributed by atoms with Crippen LogP contribution in [0, 0.1) is 11.3 Å². The van der Waals surface area contributed by atoms with E-state index in [1.165, 1.54) is 0 Å². The zero-order valence-electron chi connectivity index (χ0n) is 10.3. The smallest absolute Gasteiger partial charge is 0.158 e. The Morgan fingerprint density at radius 1 is 1.27 bits per heavy atom. The van der Waals surface area contributed by atoms with Gasteiger partial charge in [0.15, 0.2) is 5.82 Å². The molecule has 0 aliphatic carbocycles. The second-order valence-electron chi connectivity index (χ2n) is 5.22. The van der Waals surface area contributed by atoms with Gasteiger partial charge in [0, 0.05) is 13.5 Å². The van der Waals surface area contributed by atoms with Crippen molar-refractivity contribution in [2.45, 2.75) is 40.7 Å². The minimum Gasteiger partial charge on any atom is -0.388 e. The highest BCUT2D eigenvalue weighted by molar-refractivity contribution is 4.95. The molecular weight excluding hydrogens is 190 g/mol. The molecular formula is C11H21N3O. The first-order valence-corrected chi connectivity index (χ1v) is 5.34. The van der Waals surface area contributed by atoms with Gasteiger partial charge in [-0.1, -0.05) is 27.7 Å². The second-order valence-corrected chi connectivity index (χ2v) is 5.22. The van der Waals surface area contributed by atoms with Crippen molar-refractivity contribution in [2.24, 2.45) is 18.4 Å². The maximum Gasteiger partial charge on any atom is 0.158 e. The van der Waals surface area contributed by atoms with Gasteiger partial charge < -0.3 is 9.67 Å². The van der Waals surface area contributed by atoms with Crippen LogP contribution in [0.1, 0.15) is 39.3 Å². The van der Waals surface area contributed by atoms with Gasteiger partial charge in [-0.25, -0.2) is 0 Å². The third kappa shape index (κ3) is 2.78. The van der Waals surface area contributed by atoms with Crippen LogP contribution < -0.4 is 0 Å². The maximum atomic E-state index is 9.00. The number of rotatable bonds is 3. The van der Waals surface area contributed by atoms with Crippen LogP contribution in [-0.2, 0) is 20.1 Å². The van der Waals surface area contributed by atoms with E-state index in [1.807, 2.05) is 11.6 Å². The molecule has 1 atom stereocenters. The average molecular weight is 211 g/mol. The average Bonchev–Trinajstić information content (AvgIpc) is 2.46. The summed E-state index contributed by atoms with van der Waals surface area (Å²) in [6.45, 7) is 8.84. The van der Waals surface area contributed by atoms with Crippen LogP contribution in [0.4, 0.5) is 0 Å². The van der Waals surface area contributed by atoms with Crippen LogP contribution in [-0.4, -0.2) is 19.9 Å². The van der Waals surface area contributed by atoms with E-state index in [-0.39, 0.29) is 12.0 Å². The molecule has 1 rings (SSSR count). The first kappa shape index (κ1) is 12.2. The topological polar surface area (TPSA) is 50.9 Å². The molecule has 15 heavy (non-hydrogen) atoms.